The predicted octanol–water partition coefficient (Wildman–Crippen LogP) is 3.17. The monoisotopic (exact) mass is 304 g/mol. The fraction of sp³-hybridized carbons (Fsp3) is 0.611. The highest BCUT2D eigenvalue weighted by atomic mass is 16.5. The minimum Gasteiger partial charge on any atom is -0.497 e. The summed E-state index contributed by atoms with van der Waals surface area (Å²) in [6.45, 7) is 1.97. The molecule has 1 aliphatic carbocycles. The third-order valence-corrected chi connectivity index (χ3v) is 4.60. The molecule has 1 aliphatic rings. The highest BCUT2D eigenvalue weighted by Crippen LogP contribution is 2.27. The van der Waals surface area contributed by atoms with E-state index < -0.39 is 6.04 Å². The molecule has 1 aromatic carbocycles. The summed E-state index contributed by atoms with van der Waals surface area (Å²) < 4.78 is 5.22. The van der Waals surface area contributed by atoms with Gasteiger partial charge in [0.2, 0.25) is 5.91 Å². The minimum absolute atomic E-state index is 0.0547. The molecule has 1 amide bonds. The van der Waals surface area contributed by atoms with Gasteiger partial charge in [-0.2, -0.15) is 0 Å². The van der Waals surface area contributed by atoms with Crippen LogP contribution in [0.4, 0.5) is 0 Å². The Bertz CT molecular complexity index is 484. The number of benzene rings is 1. The van der Waals surface area contributed by atoms with Gasteiger partial charge in [-0.05, 0) is 37.0 Å². The maximum Gasteiger partial charge on any atom is 0.237 e. The van der Waals surface area contributed by atoms with E-state index in [4.69, 9.17) is 10.5 Å². The van der Waals surface area contributed by atoms with Gasteiger partial charge in [0.15, 0.2) is 0 Å². The quantitative estimate of drug-likeness (QED) is 0.848. The van der Waals surface area contributed by atoms with Crippen LogP contribution in [-0.2, 0) is 4.79 Å². The second-order valence-corrected chi connectivity index (χ2v) is 6.35. The number of carbonyl (C=O) groups excluding carboxylic acids is 1. The molecule has 4 heteroatoms. The molecule has 0 aliphatic heterocycles. The lowest BCUT2D eigenvalue weighted by Crippen LogP contribution is -2.42. The summed E-state index contributed by atoms with van der Waals surface area (Å²) in [4.78, 5) is 12.3. The van der Waals surface area contributed by atoms with Crippen molar-refractivity contribution in [2.24, 2.45) is 11.7 Å². The minimum atomic E-state index is -0.406. The Labute approximate surface area is 133 Å². The van der Waals surface area contributed by atoms with Crippen LogP contribution < -0.4 is 15.8 Å². The van der Waals surface area contributed by atoms with E-state index in [0.717, 1.165) is 17.7 Å². The Morgan fingerprint density at radius 1 is 1.36 bits per heavy atom. The van der Waals surface area contributed by atoms with Gasteiger partial charge in [-0.15, -0.1) is 0 Å². The molecule has 3 N–H and O–H groups in total. The molecular weight excluding hydrogens is 276 g/mol. The number of hydrogen-bond acceptors (Lipinski definition) is 3. The standard InChI is InChI=1S/C18H28N2O2/c1-13(15-9-6-10-16(12-15)22-2)20-18(21)17(19)11-14-7-4-3-5-8-14/h6,9-10,12-14,17H,3-5,7-8,11,19H2,1-2H3,(H,20,21). The highest BCUT2D eigenvalue weighted by Gasteiger charge is 2.22. The number of carbonyl (C=O) groups is 1. The topological polar surface area (TPSA) is 64.3 Å². The van der Waals surface area contributed by atoms with Crippen LogP contribution in [0.15, 0.2) is 24.3 Å². The van der Waals surface area contributed by atoms with E-state index in [1.54, 1.807) is 7.11 Å². The predicted molar refractivity (Wildman–Crippen MR) is 88.7 cm³/mol. The second kappa shape index (κ2) is 8.18. The summed E-state index contributed by atoms with van der Waals surface area (Å²) in [5.41, 5.74) is 7.12. The van der Waals surface area contributed by atoms with E-state index in [9.17, 15) is 4.79 Å². The van der Waals surface area contributed by atoms with Gasteiger partial charge < -0.3 is 15.8 Å². The van der Waals surface area contributed by atoms with E-state index in [0.29, 0.717) is 5.92 Å². The van der Waals surface area contributed by atoms with Gasteiger partial charge in [-0.1, -0.05) is 44.2 Å². The van der Waals surface area contributed by atoms with Crippen molar-refractivity contribution in [3.8, 4) is 5.75 Å². The van der Waals surface area contributed by atoms with Gasteiger partial charge in [0.1, 0.15) is 5.75 Å². The molecule has 0 spiro atoms. The zero-order valence-corrected chi connectivity index (χ0v) is 13.7. The Kier molecular flexibility index (Phi) is 6.25. The van der Waals surface area contributed by atoms with Crippen LogP contribution in [-0.4, -0.2) is 19.1 Å². The number of hydrogen-bond donors (Lipinski definition) is 2. The van der Waals surface area contributed by atoms with Gasteiger partial charge in [0.25, 0.3) is 0 Å². The molecule has 4 nitrogen and oxygen atoms in total. The van der Waals surface area contributed by atoms with E-state index >= 15 is 0 Å². The maximum absolute atomic E-state index is 12.3. The average molecular weight is 304 g/mol. The smallest absolute Gasteiger partial charge is 0.237 e. The zero-order chi connectivity index (χ0) is 15.9. The highest BCUT2D eigenvalue weighted by molar-refractivity contribution is 5.81. The van der Waals surface area contributed by atoms with Crippen LogP contribution >= 0.6 is 0 Å². The molecule has 1 saturated carbocycles. The molecule has 0 saturated heterocycles. The Hall–Kier alpha value is -1.55. The second-order valence-electron chi connectivity index (χ2n) is 6.35. The first kappa shape index (κ1) is 16.8. The van der Waals surface area contributed by atoms with Crippen LogP contribution in [0.25, 0.3) is 0 Å². The van der Waals surface area contributed by atoms with Gasteiger partial charge in [0, 0.05) is 0 Å². The van der Waals surface area contributed by atoms with Crippen LogP contribution in [0.5, 0.6) is 5.75 Å². The Morgan fingerprint density at radius 2 is 2.09 bits per heavy atom. The van der Waals surface area contributed by atoms with Crippen molar-refractivity contribution in [2.75, 3.05) is 7.11 Å². The largest absolute Gasteiger partial charge is 0.497 e. The molecule has 1 fully saturated rings. The van der Waals surface area contributed by atoms with Crippen molar-refractivity contribution in [3.63, 3.8) is 0 Å². The van der Waals surface area contributed by atoms with Gasteiger partial charge in [0.05, 0.1) is 19.2 Å². The van der Waals surface area contributed by atoms with Crippen LogP contribution in [0, 0.1) is 5.92 Å². The van der Waals surface area contributed by atoms with Crippen molar-refractivity contribution in [2.45, 2.75) is 57.5 Å². The fourth-order valence-electron chi connectivity index (χ4n) is 3.20. The van der Waals surface area contributed by atoms with Crippen molar-refractivity contribution < 1.29 is 9.53 Å². The third-order valence-electron chi connectivity index (χ3n) is 4.60. The first-order chi connectivity index (χ1) is 10.6. The summed E-state index contributed by atoms with van der Waals surface area (Å²) in [6.07, 6.45) is 7.11. The van der Waals surface area contributed by atoms with Crippen molar-refractivity contribution in [3.05, 3.63) is 29.8 Å². The molecule has 2 rings (SSSR count). The molecule has 0 radical (unpaired) electrons. The van der Waals surface area contributed by atoms with E-state index in [1.165, 1.54) is 32.1 Å². The first-order valence-electron chi connectivity index (χ1n) is 8.30. The van der Waals surface area contributed by atoms with Crippen LogP contribution in [0.2, 0.25) is 0 Å². The zero-order valence-electron chi connectivity index (χ0n) is 13.7. The van der Waals surface area contributed by atoms with Crippen LogP contribution in [0.1, 0.15) is 57.1 Å². The Balaban J connectivity index is 1.86. The normalized spacial score (nSPS) is 18.5. The molecule has 122 valence electrons. The molecule has 2 atom stereocenters. The van der Waals surface area contributed by atoms with Gasteiger partial charge in [-0.3, -0.25) is 4.79 Å². The summed E-state index contributed by atoms with van der Waals surface area (Å²) in [5.74, 6) is 1.35. The maximum atomic E-state index is 12.3. The number of methoxy groups -OCH3 is 1. The average Bonchev–Trinajstić information content (AvgIpc) is 2.55. The first-order valence-corrected chi connectivity index (χ1v) is 8.30. The van der Waals surface area contributed by atoms with Gasteiger partial charge in [-0.25, -0.2) is 0 Å². The van der Waals surface area contributed by atoms with Crippen molar-refractivity contribution in [1.29, 1.82) is 0 Å². The molecule has 22 heavy (non-hydrogen) atoms. The molecule has 0 bridgehead atoms. The number of ether oxygens (including phenoxy) is 1. The summed E-state index contributed by atoms with van der Waals surface area (Å²) in [6, 6.07) is 7.28. The van der Waals surface area contributed by atoms with Gasteiger partial charge >= 0.3 is 0 Å². The number of amides is 1. The number of rotatable bonds is 6. The molecular formula is C18H28N2O2. The number of nitrogens with one attached hydrogen (secondary N) is 1. The third kappa shape index (κ3) is 4.73. The van der Waals surface area contributed by atoms with E-state index in [-0.39, 0.29) is 11.9 Å². The van der Waals surface area contributed by atoms with Crippen molar-refractivity contribution >= 4 is 5.91 Å². The lowest BCUT2D eigenvalue weighted by atomic mass is 9.85. The lowest BCUT2D eigenvalue weighted by molar-refractivity contribution is -0.123. The summed E-state index contributed by atoms with van der Waals surface area (Å²) in [5, 5.41) is 3.02. The lowest BCUT2D eigenvalue weighted by Gasteiger charge is -2.25. The SMILES string of the molecule is COc1cccc(C(C)NC(=O)C(N)CC2CCCCC2)c1. The summed E-state index contributed by atoms with van der Waals surface area (Å²) >= 11 is 0. The van der Waals surface area contributed by atoms with E-state index in [2.05, 4.69) is 5.32 Å². The molecule has 2 unspecified atom stereocenters. The Morgan fingerprint density at radius 3 is 2.77 bits per heavy atom. The fourth-order valence-corrected chi connectivity index (χ4v) is 3.20. The van der Waals surface area contributed by atoms with E-state index in [1.807, 2.05) is 31.2 Å². The molecule has 0 heterocycles. The van der Waals surface area contributed by atoms with Crippen molar-refractivity contribution in [1.82, 2.24) is 5.32 Å². The number of nitrogens with two attached hydrogens (primary N) is 1. The molecule has 0 aromatic heterocycles. The summed E-state index contributed by atoms with van der Waals surface area (Å²) in [7, 11) is 1.64. The molecule has 1 aromatic rings. The van der Waals surface area contributed by atoms with Crippen LogP contribution in [0.3, 0.4) is 0 Å².